The van der Waals surface area contributed by atoms with Crippen molar-refractivity contribution in [2.24, 2.45) is 0 Å². The van der Waals surface area contributed by atoms with Gasteiger partial charge in [-0.3, -0.25) is 4.79 Å². The van der Waals surface area contributed by atoms with Crippen molar-refractivity contribution in [3.8, 4) is 11.1 Å². The van der Waals surface area contributed by atoms with Crippen LogP contribution in [0.25, 0.3) is 22.0 Å². The SMILES string of the molecule is CN(C)C(=O)Cc1cccc(-c2cccc3[nH]ccc23)c1. The Morgan fingerprint density at radius 3 is 2.71 bits per heavy atom. The van der Waals surface area contributed by atoms with E-state index in [1.807, 2.05) is 24.4 Å². The van der Waals surface area contributed by atoms with Crippen LogP contribution in [0.5, 0.6) is 0 Å². The van der Waals surface area contributed by atoms with Crippen LogP contribution in [0.4, 0.5) is 0 Å². The molecule has 1 aromatic heterocycles. The molecule has 0 aliphatic heterocycles. The minimum atomic E-state index is 0.118. The van der Waals surface area contributed by atoms with E-state index in [4.69, 9.17) is 0 Å². The maximum atomic E-state index is 11.9. The van der Waals surface area contributed by atoms with Crippen LogP contribution in [-0.2, 0) is 11.2 Å². The van der Waals surface area contributed by atoms with Crippen LogP contribution in [-0.4, -0.2) is 29.9 Å². The van der Waals surface area contributed by atoms with E-state index in [1.165, 1.54) is 10.9 Å². The minimum absolute atomic E-state index is 0.118. The van der Waals surface area contributed by atoms with Gasteiger partial charge in [0.05, 0.1) is 6.42 Å². The molecule has 1 amide bonds. The number of aromatic nitrogens is 1. The molecule has 0 saturated heterocycles. The number of H-pyrrole nitrogens is 1. The van der Waals surface area contributed by atoms with Crippen molar-refractivity contribution in [2.75, 3.05) is 14.1 Å². The molecule has 0 aliphatic carbocycles. The Labute approximate surface area is 124 Å². The van der Waals surface area contributed by atoms with Gasteiger partial charge in [0.15, 0.2) is 0 Å². The molecule has 0 spiro atoms. The predicted molar refractivity (Wildman–Crippen MR) is 86.1 cm³/mol. The number of amides is 1. The first kappa shape index (κ1) is 13.4. The van der Waals surface area contributed by atoms with Crippen LogP contribution in [0, 0.1) is 0 Å². The number of hydrogen-bond donors (Lipinski definition) is 1. The number of carbonyl (C=O) groups is 1. The summed E-state index contributed by atoms with van der Waals surface area (Å²) >= 11 is 0. The Morgan fingerprint density at radius 2 is 1.90 bits per heavy atom. The lowest BCUT2D eigenvalue weighted by Gasteiger charge is -2.11. The first-order valence-electron chi connectivity index (χ1n) is 7.01. The van der Waals surface area contributed by atoms with Crippen LogP contribution in [0.15, 0.2) is 54.7 Å². The summed E-state index contributed by atoms with van der Waals surface area (Å²) in [5, 5.41) is 1.20. The third kappa shape index (κ3) is 2.68. The summed E-state index contributed by atoms with van der Waals surface area (Å²) in [5.74, 6) is 0.118. The van der Waals surface area contributed by atoms with Gasteiger partial charge in [0.2, 0.25) is 5.91 Å². The molecule has 21 heavy (non-hydrogen) atoms. The van der Waals surface area contributed by atoms with E-state index in [9.17, 15) is 4.79 Å². The molecular formula is C18H18N2O. The third-order valence-corrected chi connectivity index (χ3v) is 3.69. The largest absolute Gasteiger partial charge is 0.361 e. The summed E-state index contributed by atoms with van der Waals surface area (Å²) in [4.78, 5) is 16.7. The molecule has 1 heterocycles. The summed E-state index contributed by atoms with van der Waals surface area (Å²) in [5.41, 5.74) is 4.50. The van der Waals surface area contributed by atoms with Gasteiger partial charge >= 0.3 is 0 Å². The second-order valence-electron chi connectivity index (χ2n) is 5.41. The van der Waals surface area contributed by atoms with Gasteiger partial charge in [0.1, 0.15) is 0 Å². The molecule has 0 fully saturated rings. The highest BCUT2D eigenvalue weighted by molar-refractivity contribution is 5.95. The average Bonchev–Trinajstić information content (AvgIpc) is 2.95. The first-order chi connectivity index (χ1) is 10.1. The first-order valence-corrected chi connectivity index (χ1v) is 7.01. The molecule has 0 radical (unpaired) electrons. The molecule has 0 saturated carbocycles. The van der Waals surface area contributed by atoms with Crippen LogP contribution in [0.3, 0.4) is 0 Å². The molecular weight excluding hydrogens is 260 g/mol. The van der Waals surface area contributed by atoms with Crippen LogP contribution < -0.4 is 0 Å². The Hall–Kier alpha value is -2.55. The molecule has 0 bridgehead atoms. The van der Waals surface area contributed by atoms with Crippen molar-refractivity contribution in [2.45, 2.75) is 6.42 Å². The van der Waals surface area contributed by atoms with Gasteiger partial charge in [-0.05, 0) is 28.8 Å². The Balaban J connectivity index is 2.00. The lowest BCUT2D eigenvalue weighted by molar-refractivity contribution is -0.127. The van der Waals surface area contributed by atoms with Crippen molar-refractivity contribution < 1.29 is 4.79 Å². The highest BCUT2D eigenvalue weighted by atomic mass is 16.2. The fourth-order valence-corrected chi connectivity index (χ4v) is 2.52. The smallest absolute Gasteiger partial charge is 0.226 e. The molecule has 3 aromatic rings. The van der Waals surface area contributed by atoms with Crippen molar-refractivity contribution in [1.29, 1.82) is 0 Å². The highest BCUT2D eigenvalue weighted by Gasteiger charge is 2.08. The van der Waals surface area contributed by atoms with E-state index in [2.05, 4.69) is 35.3 Å². The van der Waals surface area contributed by atoms with E-state index in [0.29, 0.717) is 6.42 Å². The molecule has 2 aromatic carbocycles. The van der Waals surface area contributed by atoms with Gasteiger partial charge in [-0.1, -0.05) is 36.4 Å². The van der Waals surface area contributed by atoms with Crippen LogP contribution in [0.1, 0.15) is 5.56 Å². The van der Waals surface area contributed by atoms with E-state index < -0.39 is 0 Å². The lowest BCUT2D eigenvalue weighted by Crippen LogP contribution is -2.23. The molecule has 0 unspecified atom stereocenters. The molecule has 106 valence electrons. The van der Waals surface area contributed by atoms with Crippen molar-refractivity contribution >= 4 is 16.8 Å². The molecule has 1 N–H and O–H groups in total. The fraction of sp³-hybridized carbons (Fsp3) is 0.167. The molecule has 3 nitrogen and oxygen atoms in total. The van der Waals surface area contributed by atoms with Gasteiger partial charge in [0, 0.05) is 31.2 Å². The number of nitrogens with one attached hydrogen (secondary N) is 1. The number of carbonyl (C=O) groups excluding carboxylic acids is 1. The number of benzene rings is 2. The zero-order valence-electron chi connectivity index (χ0n) is 12.3. The zero-order chi connectivity index (χ0) is 14.8. The second kappa shape index (κ2) is 5.44. The topological polar surface area (TPSA) is 36.1 Å². The predicted octanol–water partition coefficient (Wildman–Crippen LogP) is 3.47. The maximum absolute atomic E-state index is 11.9. The Bertz CT molecular complexity index is 787. The molecule has 3 rings (SSSR count). The minimum Gasteiger partial charge on any atom is -0.361 e. The monoisotopic (exact) mass is 278 g/mol. The summed E-state index contributed by atoms with van der Waals surface area (Å²) in [6.45, 7) is 0. The zero-order valence-corrected chi connectivity index (χ0v) is 12.3. The van der Waals surface area contributed by atoms with Crippen LogP contribution >= 0.6 is 0 Å². The number of fused-ring (bicyclic) bond motifs is 1. The quantitative estimate of drug-likeness (QED) is 0.782. The highest BCUT2D eigenvalue weighted by Crippen LogP contribution is 2.28. The second-order valence-corrected chi connectivity index (χ2v) is 5.41. The summed E-state index contributed by atoms with van der Waals surface area (Å²) in [6.07, 6.45) is 2.39. The molecule has 0 aliphatic rings. The van der Waals surface area contributed by atoms with Gasteiger partial charge < -0.3 is 9.88 Å². The van der Waals surface area contributed by atoms with E-state index in [0.717, 1.165) is 16.6 Å². The van der Waals surface area contributed by atoms with Crippen molar-refractivity contribution in [3.63, 3.8) is 0 Å². The Morgan fingerprint density at radius 1 is 1.10 bits per heavy atom. The van der Waals surface area contributed by atoms with Gasteiger partial charge in [-0.25, -0.2) is 0 Å². The maximum Gasteiger partial charge on any atom is 0.226 e. The number of rotatable bonds is 3. The third-order valence-electron chi connectivity index (χ3n) is 3.69. The standard InChI is InChI=1S/C18H18N2O/c1-20(2)18(21)12-13-5-3-6-14(11-13)15-7-4-8-17-16(15)9-10-19-17/h3-11,19H,12H2,1-2H3. The normalized spacial score (nSPS) is 10.8. The van der Waals surface area contributed by atoms with Gasteiger partial charge in [-0.15, -0.1) is 0 Å². The summed E-state index contributed by atoms with van der Waals surface area (Å²) < 4.78 is 0. The fourth-order valence-electron chi connectivity index (χ4n) is 2.52. The van der Waals surface area contributed by atoms with E-state index in [1.54, 1.807) is 19.0 Å². The van der Waals surface area contributed by atoms with E-state index in [-0.39, 0.29) is 5.91 Å². The summed E-state index contributed by atoms with van der Waals surface area (Å²) in [6, 6.07) is 16.5. The van der Waals surface area contributed by atoms with Crippen molar-refractivity contribution in [1.82, 2.24) is 9.88 Å². The Kier molecular flexibility index (Phi) is 3.48. The van der Waals surface area contributed by atoms with Crippen LogP contribution in [0.2, 0.25) is 0 Å². The molecule has 3 heteroatoms. The lowest BCUT2D eigenvalue weighted by atomic mass is 9.99. The van der Waals surface area contributed by atoms with Gasteiger partial charge in [0.25, 0.3) is 0 Å². The number of nitrogens with zero attached hydrogens (tertiary/aromatic N) is 1. The van der Waals surface area contributed by atoms with E-state index >= 15 is 0 Å². The summed E-state index contributed by atoms with van der Waals surface area (Å²) in [7, 11) is 3.57. The molecule has 0 atom stereocenters. The number of hydrogen-bond acceptors (Lipinski definition) is 1. The number of likely N-dealkylation sites (N-methyl/N-ethyl adjacent to an activating group) is 1. The van der Waals surface area contributed by atoms with Crippen molar-refractivity contribution in [3.05, 3.63) is 60.3 Å². The average molecular weight is 278 g/mol. The number of aromatic amines is 1. The van der Waals surface area contributed by atoms with Gasteiger partial charge in [-0.2, -0.15) is 0 Å².